The number of ether oxygens (including phenoxy) is 1. The lowest BCUT2D eigenvalue weighted by molar-refractivity contribution is -0.274. The number of benzene rings is 2. The van der Waals surface area contributed by atoms with E-state index in [9.17, 15) is 32.7 Å². The maximum Gasteiger partial charge on any atom is 0.573 e. The molecule has 174 valence electrons. The molecule has 2 saturated heterocycles. The molecule has 2 aromatic rings. The Balaban J connectivity index is 1.79. The van der Waals surface area contributed by atoms with Crippen LogP contribution in [0.4, 0.5) is 18.9 Å². The average molecular weight is 462 g/mol. The van der Waals surface area contributed by atoms with E-state index in [-0.39, 0.29) is 0 Å². The Morgan fingerprint density at radius 3 is 2.18 bits per heavy atom. The molecule has 0 spiro atoms. The molecule has 0 aliphatic carbocycles. The van der Waals surface area contributed by atoms with Crippen LogP contribution in [0.1, 0.15) is 25.5 Å². The molecule has 2 heterocycles. The summed E-state index contributed by atoms with van der Waals surface area (Å²) in [6.07, 6.45) is -4.86. The normalized spacial score (nSPS) is 27.2. The van der Waals surface area contributed by atoms with Crippen LogP contribution in [-0.2, 0) is 14.4 Å². The topological polar surface area (TPSA) is 95.9 Å². The number of hydrogen-bond acceptors (Lipinski definition) is 5. The lowest BCUT2D eigenvalue weighted by Gasteiger charge is -2.34. The minimum absolute atomic E-state index is 0.331. The molecule has 10 heteroatoms. The van der Waals surface area contributed by atoms with Crippen LogP contribution in [0, 0.1) is 17.8 Å². The smallest absolute Gasteiger partial charge is 0.480 e. The Morgan fingerprint density at radius 1 is 1.06 bits per heavy atom. The van der Waals surface area contributed by atoms with Gasteiger partial charge in [-0.25, -0.2) is 4.90 Å². The SMILES string of the molecule is CC(C)C1(C(=O)O)NC(c2ccc(OC(F)(F)F)cc2)C2C(=O)N(c3ccccc3)C(=O)C21. The number of para-hydroxylation sites is 1. The first-order valence-corrected chi connectivity index (χ1v) is 10.3. The van der Waals surface area contributed by atoms with Crippen LogP contribution in [0.15, 0.2) is 54.6 Å². The molecule has 0 bridgehead atoms. The van der Waals surface area contributed by atoms with Crippen LogP contribution >= 0.6 is 0 Å². The Hall–Kier alpha value is -3.40. The quantitative estimate of drug-likeness (QED) is 0.661. The first kappa shape index (κ1) is 22.8. The number of rotatable bonds is 5. The lowest BCUT2D eigenvalue weighted by atomic mass is 9.73. The molecule has 2 amide bonds. The molecular weight excluding hydrogens is 441 g/mol. The molecule has 4 unspecified atom stereocenters. The fraction of sp³-hybridized carbons (Fsp3) is 0.348. The van der Waals surface area contributed by atoms with E-state index < -0.39 is 59.2 Å². The summed E-state index contributed by atoms with van der Waals surface area (Å²) in [5.41, 5.74) is -1.04. The number of carboxylic acids is 1. The predicted octanol–water partition coefficient (Wildman–Crippen LogP) is 3.51. The molecule has 0 aromatic heterocycles. The van der Waals surface area contributed by atoms with Gasteiger partial charge in [0.15, 0.2) is 0 Å². The molecule has 2 aliphatic rings. The van der Waals surface area contributed by atoms with Crippen molar-refractivity contribution in [3.8, 4) is 5.75 Å². The van der Waals surface area contributed by atoms with E-state index >= 15 is 0 Å². The first-order chi connectivity index (χ1) is 15.5. The zero-order valence-electron chi connectivity index (χ0n) is 17.7. The van der Waals surface area contributed by atoms with Gasteiger partial charge in [0, 0.05) is 6.04 Å². The van der Waals surface area contributed by atoms with E-state index in [4.69, 9.17) is 0 Å². The minimum atomic E-state index is -4.86. The molecule has 4 rings (SSSR count). The van der Waals surface area contributed by atoms with E-state index in [0.29, 0.717) is 11.3 Å². The molecule has 2 aromatic carbocycles. The van der Waals surface area contributed by atoms with Gasteiger partial charge in [-0.1, -0.05) is 44.2 Å². The fourth-order valence-corrected chi connectivity index (χ4v) is 4.91. The monoisotopic (exact) mass is 462 g/mol. The number of aliphatic carboxylic acids is 1. The summed E-state index contributed by atoms with van der Waals surface area (Å²) in [6.45, 7) is 3.29. The third-order valence-electron chi connectivity index (χ3n) is 6.35. The van der Waals surface area contributed by atoms with Gasteiger partial charge in [-0.2, -0.15) is 0 Å². The van der Waals surface area contributed by atoms with Gasteiger partial charge in [-0.05, 0) is 35.7 Å². The molecule has 2 aliphatic heterocycles. The Kier molecular flexibility index (Phi) is 5.44. The number of amides is 2. The van der Waals surface area contributed by atoms with Crippen molar-refractivity contribution < 1.29 is 37.4 Å². The highest BCUT2D eigenvalue weighted by molar-refractivity contribution is 6.24. The standard InChI is InChI=1S/C23H21F3N2O5/c1-12(2)22(21(31)32)17-16(19(29)28(20(17)30)14-6-4-3-5-7-14)18(27-22)13-8-10-15(11-9-13)33-23(24,25)26/h3-12,16-18,27H,1-2H3,(H,31,32). The van der Waals surface area contributed by atoms with Gasteiger partial charge in [0.2, 0.25) is 11.8 Å². The molecule has 33 heavy (non-hydrogen) atoms. The highest BCUT2D eigenvalue weighted by Crippen LogP contribution is 2.52. The average Bonchev–Trinajstić information content (AvgIpc) is 3.23. The molecule has 0 radical (unpaired) electrons. The van der Waals surface area contributed by atoms with Crippen molar-refractivity contribution in [3.63, 3.8) is 0 Å². The van der Waals surface area contributed by atoms with E-state index in [0.717, 1.165) is 17.0 Å². The van der Waals surface area contributed by atoms with Crippen LogP contribution in [0.2, 0.25) is 0 Å². The number of nitrogens with one attached hydrogen (secondary N) is 1. The van der Waals surface area contributed by atoms with Crippen LogP contribution in [0.5, 0.6) is 5.75 Å². The fourth-order valence-electron chi connectivity index (χ4n) is 4.91. The van der Waals surface area contributed by atoms with Crippen LogP contribution in [0.3, 0.4) is 0 Å². The van der Waals surface area contributed by atoms with Crippen molar-refractivity contribution >= 4 is 23.5 Å². The lowest BCUT2D eigenvalue weighted by Crippen LogP contribution is -2.59. The van der Waals surface area contributed by atoms with Crippen LogP contribution in [0.25, 0.3) is 0 Å². The highest BCUT2D eigenvalue weighted by atomic mass is 19.4. The number of imide groups is 1. The second-order valence-electron chi connectivity index (χ2n) is 8.42. The zero-order chi connectivity index (χ0) is 24.1. The van der Waals surface area contributed by atoms with Gasteiger partial charge in [0.25, 0.3) is 0 Å². The number of carboxylic acid groups (broad SMARTS) is 1. The molecule has 0 saturated carbocycles. The third-order valence-corrected chi connectivity index (χ3v) is 6.35. The number of anilines is 1. The van der Waals surface area contributed by atoms with Crippen molar-refractivity contribution in [3.05, 3.63) is 60.2 Å². The Bertz CT molecular complexity index is 1090. The number of fused-ring (bicyclic) bond motifs is 1. The van der Waals surface area contributed by atoms with Gasteiger partial charge in [-0.3, -0.25) is 19.7 Å². The van der Waals surface area contributed by atoms with Gasteiger partial charge in [0.1, 0.15) is 11.3 Å². The van der Waals surface area contributed by atoms with E-state index in [1.807, 2.05) is 0 Å². The van der Waals surface area contributed by atoms with E-state index in [1.165, 1.54) is 12.1 Å². The summed E-state index contributed by atoms with van der Waals surface area (Å²) < 4.78 is 41.4. The maximum absolute atomic E-state index is 13.5. The molecule has 2 N–H and O–H groups in total. The van der Waals surface area contributed by atoms with Crippen molar-refractivity contribution in [1.82, 2.24) is 5.32 Å². The largest absolute Gasteiger partial charge is 0.573 e. The molecular formula is C23H21F3N2O5. The summed E-state index contributed by atoms with van der Waals surface area (Å²) in [4.78, 5) is 40.4. The number of hydrogen-bond donors (Lipinski definition) is 2. The molecule has 4 atom stereocenters. The Morgan fingerprint density at radius 2 is 1.67 bits per heavy atom. The van der Waals surface area contributed by atoms with Crippen molar-refractivity contribution in [2.24, 2.45) is 17.8 Å². The third kappa shape index (κ3) is 3.64. The van der Waals surface area contributed by atoms with Gasteiger partial charge < -0.3 is 9.84 Å². The van der Waals surface area contributed by atoms with Crippen molar-refractivity contribution in [2.45, 2.75) is 31.8 Å². The summed E-state index contributed by atoms with van der Waals surface area (Å²) in [5, 5.41) is 13.2. The minimum Gasteiger partial charge on any atom is -0.480 e. The number of halogens is 3. The number of nitrogens with zero attached hydrogens (tertiary/aromatic N) is 1. The maximum atomic E-state index is 13.5. The van der Waals surface area contributed by atoms with Gasteiger partial charge in [0.05, 0.1) is 17.5 Å². The summed E-state index contributed by atoms with van der Waals surface area (Å²) in [6, 6.07) is 12.1. The summed E-state index contributed by atoms with van der Waals surface area (Å²) in [5.74, 6) is -5.73. The molecule has 2 fully saturated rings. The second-order valence-corrected chi connectivity index (χ2v) is 8.42. The van der Waals surface area contributed by atoms with Crippen molar-refractivity contribution in [1.29, 1.82) is 0 Å². The van der Waals surface area contributed by atoms with Crippen molar-refractivity contribution in [2.75, 3.05) is 4.90 Å². The van der Waals surface area contributed by atoms with Crippen LogP contribution in [-0.4, -0.2) is 34.8 Å². The molecule has 7 nitrogen and oxygen atoms in total. The van der Waals surface area contributed by atoms with E-state index in [1.54, 1.807) is 44.2 Å². The van der Waals surface area contributed by atoms with Crippen LogP contribution < -0.4 is 15.0 Å². The van der Waals surface area contributed by atoms with Gasteiger partial charge in [-0.15, -0.1) is 13.2 Å². The predicted molar refractivity (Wildman–Crippen MR) is 110 cm³/mol. The first-order valence-electron chi connectivity index (χ1n) is 10.3. The summed E-state index contributed by atoms with van der Waals surface area (Å²) >= 11 is 0. The number of carbonyl (C=O) groups excluding carboxylic acids is 2. The summed E-state index contributed by atoms with van der Waals surface area (Å²) in [7, 11) is 0. The Labute approximate surface area is 187 Å². The van der Waals surface area contributed by atoms with E-state index in [2.05, 4.69) is 10.1 Å². The number of carbonyl (C=O) groups is 3. The zero-order valence-corrected chi connectivity index (χ0v) is 17.7. The van der Waals surface area contributed by atoms with Gasteiger partial charge >= 0.3 is 12.3 Å². The number of alkyl halides is 3. The highest BCUT2D eigenvalue weighted by Gasteiger charge is 2.69. The second kappa shape index (κ2) is 7.87.